The van der Waals surface area contributed by atoms with Gasteiger partial charge < -0.3 is 25.4 Å². The summed E-state index contributed by atoms with van der Waals surface area (Å²) in [4.78, 5) is 46.9. The van der Waals surface area contributed by atoms with E-state index in [1.165, 1.54) is 4.90 Å². The Bertz CT molecular complexity index is 1190. The molecule has 9 nitrogen and oxygen atoms in total. The van der Waals surface area contributed by atoms with E-state index in [1.54, 1.807) is 32.1 Å². The van der Waals surface area contributed by atoms with E-state index in [9.17, 15) is 19.5 Å². The maximum atomic E-state index is 13.9. The highest BCUT2D eigenvalue weighted by Crippen LogP contribution is 2.31. The van der Waals surface area contributed by atoms with Gasteiger partial charge in [0.1, 0.15) is 17.7 Å². The summed E-state index contributed by atoms with van der Waals surface area (Å²) in [5, 5.41) is 16.3. The molecule has 0 bridgehead atoms. The van der Waals surface area contributed by atoms with Crippen LogP contribution in [0.2, 0.25) is 0 Å². The number of aliphatic hydroxyl groups is 1. The Kier molecular flexibility index (Phi) is 9.51. The fraction of sp³-hybridized carbons (Fsp3) is 0.600. The number of rotatable bonds is 7. The van der Waals surface area contributed by atoms with E-state index < -0.39 is 29.9 Å². The zero-order valence-corrected chi connectivity index (χ0v) is 24.9. The predicted molar refractivity (Wildman–Crippen MR) is 155 cm³/mol. The number of alkyl carbamates (subject to hydrolysis) is 1. The van der Waals surface area contributed by atoms with E-state index >= 15 is 0 Å². The molecule has 1 aliphatic carbocycles. The summed E-state index contributed by atoms with van der Waals surface area (Å²) < 4.78 is 5.46. The van der Waals surface area contributed by atoms with Crippen LogP contribution in [0.4, 0.5) is 4.79 Å². The molecule has 2 aromatic rings. The van der Waals surface area contributed by atoms with Crippen LogP contribution in [0.3, 0.4) is 0 Å². The first-order chi connectivity index (χ1) is 18.9. The minimum Gasteiger partial charge on any atom is -0.444 e. The van der Waals surface area contributed by atoms with Crippen LogP contribution in [0.1, 0.15) is 83.5 Å². The molecule has 0 spiro atoms. The monoisotopic (exact) mass is 570 g/mol. The summed E-state index contributed by atoms with van der Waals surface area (Å²) >= 11 is 1.59. The van der Waals surface area contributed by atoms with Crippen LogP contribution in [0.25, 0.3) is 10.4 Å². The van der Waals surface area contributed by atoms with E-state index in [0.717, 1.165) is 53.8 Å². The third-order valence-corrected chi connectivity index (χ3v) is 8.68. The zero-order valence-electron chi connectivity index (χ0n) is 24.1. The minimum absolute atomic E-state index is 0.0464. The Morgan fingerprint density at radius 2 is 1.77 bits per heavy atom. The van der Waals surface area contributed by atoms with Crippen molar-refractivity contribution in [3.8, 4) is 10.4 Å². The Morgan fingerprint density at radius 1 is 1.10 bits per heavy atom. The van der Waals surface area contributed by atoms with Gasteiger partial charge in [-0.1, -0.05) is 43.5 Å². The van der Waals surface area contributed by atoms with Gasteiger partial charge in [-0.2, -0.15) is 0 Å². The molecule has 1 saturated heterocycles. The highest BCUT2D eigenvalue weighted by atomic mass is 32.1. The molecule has 4 rings (SSSR count). The number of amides is 3. The van der Waals surface area contributed by atoms with Gasteiger partial charge in [-0.15, -0.1) is 11.3 Å². The van der Waals surface area contributed by atoms with Crippen molar-refractivity contribution in [1.82, 2.24) is 20.5 Å². The van der Waals surface area contributed by atoms with Crippen molar-refractivity contribution < 1.29 is 24.2 Å². The molecule has 2 aliphatic rings. The summed E-state index contributed by atoms with van der Waals surface area (Å²) in [5.74, 6) is -0.708. The number of aliphatic hydroxyl groups excluding tert-OH is 1. The number of aryl methyl sites for hydroxylation is 1. The number of carbonyl (C=O) groups is 3. The lowest BCUT2D eigenvalue weighted by Crippen LogP contribution is -2.56. The van der Waals surface area contributed by atoms with Crippen LogP contribution in [-0.4, -0.2) is 63.2 Å². The summed E-state index contributed by atoms with van der Waals surface area (Å²) in [6, 6.07) is 6.07. The molecular weight excluding hydrogens is 528 g/mol. The second kappa shape index (κ2) is 12.7. The van der Waals surface area contributed by atoms with Crippen LogP contribution in [-0.2, 0) is 14.3 Å². The number of benzene rings is 1. The smallest absolute Gasteiger partial charge is 0.408 e. The van der Waals surface area contributed by atoms with E-state index in [2.05, 4.69) is 15.6 Å². The van der Waals surface area contributed by atoms with Crippen molar-refractivity contribution in [2.24, 2.45) is 5.92 Å². The Labute approximate surface area is 240 Å². The quantitative estimate of drug-likeness (QED) is 0.443. The van der Waals surface area contributed by atoms with Crippen molar-refractivity contribution in [1.29, 1.82) is 0 Å². The lowest BCUT2D eigenvalue weighted by atomic mass is 9.83. The third kappa shape index (κ3) is 7.40. The van der Waals surface area contributed by atoms with Crippen LogP contribution < -0.4 is 10.6 Å². The number of hydrogen-bond donors (Lipinski definition) is 3. The number of likely N-dealkylation sites (tertiary alicyclic amines) is 1. The first-order valence-corrected chi connectivity index (χ1v) is 15.1. The molecule has 40 heavy (non-hydrogen) atoms. The summed E-state index contributed by atoms with van der Waals surface area (Å²) in [6.07, 6.45) is 3.37. The van der Waals surface area contributed by atoms with Gasteiger partial charge in [0.25, 0.3) is 0 Å². The summed E-state index contributed by atoms with van der Waals surface area (Å²) in [6.45, 7) is 9.25. The fourth-order valence-electron chi connectivity index (χ4n) is 5.66. The number of β-amino-alcohol motifs (C(OH)–C–C–N with tert-alkyl or cyclic N) is 1. The molecule has 1 saturated carbocycles. The summed E-state index contributed by atoms with van der Waals surface area (Å²) in [5.41, 5.74) is 4.11. The Balaban J connectivity index is 1.46. The molecule has 3 amide bonds. The maximum absolute atomic E-state index is 13.9. The van der Waals surface area contributed by atoms with Gasteiger partial charge in [0, 0.05) is 13.0 Å². The van der Waals surface area contributed by atoms with Crippen molar-refractivity contribution in [2.75, 3.05) is 6.54 Å². The number of carbonyl (C=O) groups excluding carboxylic acids is 3. The van der Waals surface area contributed by atoms with E-state index in [4.69, 9.17) is 4.74 Å². The van der Waals surface area contributed by atoms with Crippen molar-refractivity contribution in [2.45, 2.75) is 103 Å². The van der Waals surface area contributed by atoms with Gasteiger partial charge in [-0.3, -0.25) is 9.59 Å². The molecular formula is C30H42N4O5S. The average Bonchev–Trinajstić information content (AvgIpc) is 3.51. The normalized spacial score (nSPS) is 21.5. The van der Waals surface area contributed by atoms with Gasteiger partial charge in [-0.05, 0) is 64.5 Å². The predicted octanol–water partition coefficient (Wildman–Crippen LogP) is 4.73. The van der Waals surface area contributed by atoms with Crippen LogP contribution in [0, 0.1) is 12.8 Å². The van der Waals surface area contributed by atoms with Crippen LogP contribution in [0.5, 0.6) is 0 Å². The zero-order chi connectivity index (χ0) is 29.0. The topological polar surface area (TPSA) is 121 Å². The van der Waals surface area contributed by atoms with Crippen LogP contribution >= 0.6 is 11.3 Å². The van der Waals surface area contributed by atoms with E-state index in [1.807, 2.05) is 43.6 Å². The van der Waals surface area contributed by atoms with E-state index in [0.29, 0.717) is 0 Å². The highest BCUT2D eigenvalue weighted by molar-refractivity contribution is 7.13. The molecule has 10 heteroatoms. The summed E-state index contributed by atoms with van der Waals surface area (Å²) in [7, 11) is 0. The lowest BCUT2D eigenvalue weighted by molar-refractivity contribution is -0.141. The largest absolute Gasteiger partial charge is 0.444 e. The number of nitrogens with zero attached hydrogens (tertiary/aromatic N) is 2. The number of ether oxygens (including phenoxy) is 1. The van der Waals surface area contributed by atoms with Crippen LogP contribution in [0.15, 0.2) is 29.8 Å². The molecule has 218 valence electrons. The van der Waals surface area contributed by atoms with Crippen molar-refractivity contribution >= 4 is 29.2 Å². The molecule has 0 radical (unpaired) electrons. The van der Waals surface area contributed by atoms with Gasteiger partial charge >= 0.3 is 6.09 Å². The first kappa shape index (κ1) is 30.0. The molecule has 1 aromatic heterocycles. The Morgan fingerprint density at radius 3 is 2.38 bits per heavy atom. The number of nitrogens with one attached hydrogen (secondary N) is 2. The van der Waals surface area contributed by atoms with E-state index in [-0.39, 0.29) is 36.7 Å². The molecule has 1 aromatic carbocycles. The van der Waals surface area contributed by atoms with Gasteiger partial charge in [0.05, 0.1) is 28.2 Å². The van der Waals surface area contributed by atoms with Gasteiger partial charge in [0.15, 0.2) is 0 Å². The average molecular weight is 571 g/mol. The third-order valence-electron chi connectivity index (χ3n) is 7.70. The lowest BCUT2D eigenvalue weighted by Gasteiger charge is -2.35. The molecule has 4 atom stereocenters. The SMILES string of the molecule is Cc1ncsc1-c1ccc([C@H](C)NC(=O)[C@@H]2C[C@@H](O)CN2C(=O)[C@@H](NC(=O)OC(C)(C)C)C2CCCCC2)cc1. The number of aromatic nitrogens is 1. The minimum atomic E-state index is -0.824. The molecule has 1 aliphatic heterocycles. The first-order valence-electron chi connectivity index (χ1n) is 14.2. The van der Waals surface area contributed by atoms with Gasteiger partial charge in [-0.25, -0.2) is 9.78 Å². The molecule has 2 fully saturated rings. The standard InChI is InChI=1S/C30H42N4O5S/c1-18(20-11-13-22(14-12-20)26-19(2)31-17-40-26)32-27(36)24-15-23(35)16-34(24)28(37)25(21-9-7-6-8-10-21)33-29(38)39-30(3,4)5/h11-14,17-18,21,23-25,35H,6-10,15-16H2,1-5H3,(H,32,36)(H,33,38)/t18-,23+,24-,25-/m0/s1. The fourth-order valence-corrected chi connectivity index (χ4v) is 6.47. The molecule has 0 unspecified atom stereocenters. The maximum Gasteiger partial charge on any atom is 0.408 e. The number of hydrogen-bond acceptors (Lipinski definition) is 7. The molecule has 2 heterocycles. The number of thiazole rings is 1. The Hall–Kier alpha value is -2.98. The van der Waals surface area contributed by atoms with Crippen molar-refractivity contribution in [3.63, 3.8) is 0 Å². The van der Waals surface area contributed by atoms with Crippen molar-refractivity contribution in [3.05, 3.63) is 41.0 Å². The molecule has 3 N–H and O–H groups in total. The second-order valence-electron chi connectivity index (χ2n) is 12.0. The highest BCUT2D eigenvalue weighted by Gasteiger charge is 2.44. The second-order valence-corrected chi connectivity index (χ2v) is 12.9. The van der Waals surface area contributed by atoms with Gasteiger partial charge in [0.2, 0.25) is 11.8 Å².